The standard InChI is InChI=1S/C18H22N2O4S/c1-25-14-6-4-13(5-7-14)20-10-12(9-16(20)21)17(22)19-15(18(23)24)8-11-2-3-11/h4-7,11-12,15H,2-3,8-10H2,1H3,(H,19,22)(H,23,24). The van der Waals surface area contributed by atoms with Crippen molar-refractivity contribution in [2.75, 3.05) is 17.7 Å². The van der Waals surface area contributed by atoms with E-state index < -0.39 is 17.9 Å². The highest BCUT2D eigenvalue weighted by molar-refractivity contribution is 7.98. The average Bonchev–Trinajstić information content (AvgIpc) is 3.33. The maximum atomic E-state index is 12.4. The molecule has 2 N–H and O–H groups in total. The first-order valence-electron chi connectivity index (χ1n) is 8.45. The van der Waals surface area contributed by atoms with E-state index in [1.54, 1.807) is 16.7 Å². The van der Waals surface area contributed by atoms with Gasteiger partial charge in [0, 0.05) is 23.5 Å². The molecule has 2 atom stereocenters. The zero-order valence-corrected chi connectivity index (χ0v) is 14.9. The Hall–Kier alpha value is -2.02. The SMILES string of the molecule is CSc1ccc(N2CC(C(=O)NC(CC3CC3)C(=O)O)CC2=O)cc1. The Morgan fingerprint density at radius 3 is 2.56 bits per heavy atom. The molecule has 0 spiro atoms. The van der Waals surface area contributed by atoms with Crippen LogP contribution in [-0.4, -0.2) is 41.7 Å². The number of carboxylic acids is 1. The van der Waals surface area contributed by atoms with Crippen LogP contribution in [0.2, 0.25) is 0 Å². The van der Waals surface area contributed by atoms with Crippen LogP contribution in [-0.2, 0) is 14.4 Å². The molecule has 1 saturated heterocycles. The molecule has 0 radical (unpaired) electrons. The molecule has 1 aliphatic heterocycles. The number of rotatable bonds is 7. The summed E-state index contributed by atoms with van der Waals surface area (Å²) in [6, 6.07) is 6.77. The number of hydrogen-bond donors (Lipinski definition) is 2. The Kier molecular flexibility index (Phi) is 5.32. The second kappa shape index (κ2) is 7.47. The van der Waals surface area contributed by atoms with Crippen molar-refractivity contribution in [3.8, 4) is 0 Å². The summed E-state index contributed by atoms with van der Waals surface area (Å²) in [6.07, 6.45) is 4.63. The van der Waals surface area contributed by atoms with Gasteiger partial charge in [-0.05, 0) is 42.9 Å². The van der Waals surface area contributed by atoms with Crippen molar-refractivity contribution >= 4 is 35.2 Å². The fraction of sp³-hybridized carbons (Fsp3) is 0.500. The van der Waals surface area contributed by atoms with Crippen molar-refractivity contribution in [3.05, 3.63) is 24.3 Å². The number of carbonyl (C=O) groups is 3. The van der Waals surface area contributed by atoms with Gasteiger partial charge in [-0.1, -0.05) is 12.8 Å². The summed E-state index contributed by atoms with van der Waals surface area (Å²) in [5, 5.41) is 11.9. The molecule has 1 heterocycles. The molecule has 0 aromatic heterocycles. The Morgan fingerprint density at radius 2 is 2.00 bits per heavy atom. The number of nitrogens with zero attached hydrogens (tertiary/aromatic N) is 1. The number of thioether (sulfide) groups is 1. The summed E-state index contributed by atoms with van der Waals surface area (Å²) < 4.78 is 0. The number of carboxylic acid groups (broad SMARTS) is 1. The smallest absolute Gasteiger partial charge is 0.326 e. The highest BCUT2D eigenvalue weighted by Crippen LogP contribution is 2.34. The number of aliphatic carboxylic acids is 1. The molecular weight excluding hydrogens is 340 g/mol. The molecule has 2 aliphatic rings. The number of benzene rings is 1. The predicted octanol–water partition coefficient (Wildman–Crippen LogP) is 2.13. The summed E-state index contributed by atoms with van der Waals surface area (Å²) in [6.45, 7) is 0.291. The zero-order chi connectivity index (χ0) is 18.0. The van der Waals surface area contributed by atoms with Gasteiger partial charge in [-0.3, -0.25) is 9.59 Å². The van der Waals surface area contributed by atoms with Crippen LogP contribution in [0.25, 0.3) is 0 Å². The third-order valence-corrected chi connectivity index (χ3v) is 5.50. The number of amides is 2. The monoisotopic (exact) mass is 362 g/mol. The highest BCUT2D eigenvalue weighted by Gasteiger charge is 2.37. The van der Waals surface area contributed by atoms with Crippen molar-refractivity contribution in [2.24, 2.45) is 11.8 Å². The first-order valence-corrected chi connectivity index (χ1v) is 9.68. The molecular formula is C18H22N2O4S. The third-order valence-electron chi connectivity index (χ3n) is 4.76. The van der Waals surface area contributed by atoms with Gasteiger partial charge >= 0.3 is 5.97 Å². The van der Waals surface area contributed by atoms with Crippen molar-refractivity contribution in [1.82, 2.24) is 5.32 Å². The zero-order valence-electron chi connectivity index (χ0n) is 14.1. The van der Waals surface area contributed by atoms with E-state index in [0.717, 1.165) is 23.4 Å². The maximum Gasteiger partial charge on any atom is 0.326 e. The third kappa shape index (κ3) is 4.34. The minimum absolute atomic E-state index is 0.105. The van der Waals surface area contributed by atoms with E-state index in [2.05, 4.69) is 5.32 Å². The van der Waals surface area contributed by atoms with Gasteiger partial charge in [0.15, 0.2) is 0 Å². The molecule has 1 aromatic carbocycles. The molecule has 3 rings (SSSR count). The molecule has 2 fully saturated rings. The fourth-order valence-corrected chi connectivity index (χ4v) is 3.50. The minimum atomic E-state index is -1.01. The molecule has 2 amide bonds. The molecule has 2 unspecified atom stereocenters. The summed E-state index contributed by atoms with van der Waals surface area (Å²) in [4.78, 5) is 38.7. The lowest BCUT2D eigenvalue weighted by Crippen LogP contribution is -2.44. The van der Waals surface area contributed by atoms with Crippen molar-refractivity contribution < 1.29 is 19.5 Å². The van der Waals surface area contributed by atoms with E-state index in [1.807, 2.05) is 30.5 Å². The van der Waals surface area contributed by atoms with Crippen LogP contribution < -0.4 is 10.2 Å². The van der Waals surface area contributed by atoms with Gasteiger partial charge in [-0.2, -0.15) is 0 Å². The van der Waals surface area contributed by atoms with Crippen molar-refractivity contribution in [3.63, 3.8) is 0 Å². The quantitative estimate of drug-likeness (QED) is 0.726. The van der Waals surface area contributed by atoms with Gasteiger partial charge in [0.25, 0.3) is 0 Å². The molecule has 1 aliphatic carbocycles. The van der Waals surface area contributed by atoms with Gasteiger partial charge in [-0.25, -0.2) is 4.79 Å². The highest BCUT2D eigenvalue weighted by atomic mass is 32.2. The van der Waals surface area contributed by atoms with Gasteiger partial charge in [-0.15, -0.1) is 11.8 Å². The normalized spacial score (nSPS) is 21.2. The Bertz CT molecular complexity index is 672. The number of anilines is 1. The largest absolute Gasteiger partial charge is 0.480 e. The van der Waals surface area contributed by atoms with Crippen molar-refractivity contribution in [2.45, 2.75) is 36.6 Å². The fourth-order valence-electron chi connectivity index (χ4n) is 3.09. The second-order valence-corrected chi connectivity index (χ2v) is 7.56. The second-order valence-electron chi connectivity index (χ2n) is 6.68. The van der Waals surface area contributed by atoms with Crippen LogP contribution >= 0.6 is 11.8 Å². The van der Waals surface area contributed by atoms with E-state index in [1.165, 1.54) is 0 Å². The maximum absolute atomic E-state index is 12.4. The van der Waals surface area contributed by atoms with Crippen LogP contribution in [0.5, 0.6) is 0 Å². The van der Waals surface area contributed by atoms with Gasteiger partial charge in [0.05, 0.1) is 5.92 Å². The average molecular weight is 362 g/mol. The molecule has 7 heteroatoms. The van der Waals surface area contributed by atoms with Crippen LogP contribution in [0.15, 0.2) is 29.2 Å². The summed E-state index contributed by atoms with van der Waals surface area (Å²) in [5.41, 5.74) is 0.769. The Morgan fingerprint density at radius 1 is 1.32 bits per heavy atom. The molecule has 134 valence electrons. The van der Waals surface area contributed by atoms with E-state index in [-0.39, 0.29) is 18.2 Å². The lowest BCUT2D eigenvalue weighted by molar-refractivity contribution is -0.142. The lowest BCUT2D eigenvalue weighted by atomic mass is 10.1. The molecule has 6 nitrogen and oxygen atoms in total. The van der Waals surface area contributed by atoms with E-state index in [9.17, 15) is 19.5 Å². The Labute approximate surface area is 151 Å². The van der Waals surface area contributed by atoms with Gasteiger partial charge in [0.1, 0.15) is 6.04 Å². The first kappa shape index (κ1) is 17.8. The van der Waals surface area contributed by atoms with Gasteiger partial charge < -0.3 is 15.3 Å². The van der Waals surface area contributed by atoms with Crippen LogP contribution in [0, 0.1) is 11.8 Å². The minimum Gasteiger partial charge on any atom is -0.480 e. The topological polar surface area (TPSA) is 86.7 Å². The number of carbonyl (C=O) groups excluding carboxylic acids is 2. The summed E-state index contributed by atoms with van der Waals surface area (Å²) >= 11 is 1.62. The number of nitrogens with one attached hydrogen (secondary N) is 1. The molecule has 25 heavy (non-hydrogen) atoms. The lowest BCUT2D eigenvalue weighted by Gasteiger charge is -2.19. The van der Waals surface area contributed by atoms with Crippen LogP contribution in [0.4, 0.5) is 5.69 Å². The van der Waals surface area contributed by atoms with Crippen molar-refractivity contribution in [1.29, 1.82) is 0 Å². The van der Waals surface area contributed by atoms with E-state index in [0.29, 0.717) is 18.9 Å². The Balaban J connectivity index is 1.62. The van der Waals surface area contributed by atoms with Crippen LogP contribution in [0.1, 0.15) is 25.7 Å². The van der Waals surface area contributed by atoms with Crippen LogP contribution in [0.3, 0.4) is 0 Å². The molecule has 0 bridgehead atoms. The summed E-state index contributed by atoms with van der Waals surface area (Å²) in [7, 11) is 0. The molecule has 1 aromatic rings. The van der Waals surface area contributed by atoms with E-state index in [4.69, 9.17) is 0 Å². The van der Waals surface area contributed by atoms with Gasteiger partial charge in [0.2, 0.25) is 11.8 Å². The first-order chi connectivity index (χ1) is 12.0. The number of hydrogen-bond acceptors (Lipinski definition) is 4. The predicted molar refractivity (Wildman–Crippen MR) is 95.6 cm³/mol. The summed E-state index contributed by atoms with van der Waals surface area (Å²) in [5.74, 6) is -1.56. The molecule has 1 saturated carbocycles. The van der Waals surface area contributed by atoms with E-state index >= 15 is 0 Å².